The van der Waals surface area contributed by atoms with Crippen molar-refractivity contribution in [3.05, 3.63) is 33.7 Å². The Morgan fingerprint density at radius 3 is 2.82 bits per heavy atom. The first-order valence-corrected chi connectivity index (χ1v) is 3.15. The predicted octanol–water partition coefficient (Wildman–Crippen LogP) is 2.99. The van der Waals surface area contributed by atoms with Gasteiger partial charge in [0.05, 0.1) is 5.02 Å². The molecular weight excluding hydrogens is 166 g/mol. The van der Waals surface area contributed by atoms with Crippen molar-refractivity contribution < 1.29 is 5.11 Å². The van der Waals surface area contributed by atoms with Gasteiger partial charge in [-0.05, 0) is 17.7 Å². The second-order valence-electron chi connectivity index (χ2n) is 1.83. The fraction of sp³-hybridized carbons (Fsp3) is 0. The van der Waals surface area contributed by atoms with Crippen LogP contribution in [-0.2, 0) is 0 Å². The highest BCUT2D eigenvalue weighted by Gasteiger charge is 1.96. The van der Waals surface area contributed by atoms with Crippen molar-refractivity contribution in [3.63, 3.8) is 0 Å². The maximum atomic E-state index is 9.01. The fourth-order valence-electron chi connectivity index (χ4n) is 0.615. The molecule has 0 atom stereocenters. The van der Waals surface area contributed by atoms with E-state index < -0.39 is 0 Å². The van der Waals surface area contributed by atoms with E-state index in [9.17, 15) is 0 Å². The van der Waals surface area contributed by atoms with Crippen LogP contribution in [0.25, 0.3) is 10.4 Å². The van der Waals surface area contributed by atoms with Crippen LogP contribution in [0.3, 0.4) is 0 Å². The first-order valence-electron chi connectivity index (χ1n) is 2.77. The molecule has 5 heteroatoms. The van der Waals surface area contributed by atoms with E-state index in [0.29, 0.717) is 5.69 Å². The number of halogens is 1. The zero-order chi connectivity index (χ0) is 8.27. The number of rotatable bonds is 1. The van der Waals surface area contributed by atoms with Gasteiger partial charge in [0, 0.05) is 10.6 Å². The van der Waals surface area contributed by atoms with E-state index in [1.807, 2.05) is 0 Å². The van der Waals surface area contributed by atoms with Gasteiger partial charge >= 0.3 is 0 Å². The molecule has 1 aromatic carbocycles. The van der Waals surface area contributed by atoms with Crippen molar-refractivity contribution in [2.75, 3.05) is 0 Å². The molecule has 0 aliphatic heterocycles. The second-order valence-corrected chi connectivity index (χ2v) is 2.23. The molecule has 0 heterocycles. The van der Waals surface area contributed by atoms with Crippen molar-refractivity contribution >= 4 is 17.3 Å². The molecule has 0 saturated heterocycles. The van der Waals surface area contributed by atoms with Crippen LogP contribution in [0.5, 0.6) is 5.75 Å². The molecule has 0 spiro atoms. The Bertz CT molecular complexity index is 320. The van der Waals surface area contributed by atoms with E-state index in [0.717, 1.165) is 0 Å². The molecule has 0 bridgehead atoms. The van der Waals surface area contributed by atoms with Gasteiger partial charge in [0.25, 0.3) is 0 Å². The van der Waals surface area contributed by atoms with Crippen molar-refractivity contribution in [2.45, 2.75) is 0 Å². The Labute approximate surface area is 67.7 Å². The van der Waals surface area contributed by atoms with Gasteiger partial charge in [0.1, 0.15) is 5.75 Å². The van der Waals surface area contributed by atoms with E-state index >= 15 is 0 Å². The van der Waals surface area contributed by atoms with Crippen molar-refractivity contribution in [2.24, 2.45) is 5.11 Å². The summed E-state index contributed by atoms with van der Waals surface area (Å²) in [6.45, 7) is 0. The molecule has 0 aromatic heterocycles. The maximum absolute atomic E-state index is 9.01. The lowest BCUT2D eigenvalue weighted by atomic mass is 10.3. The highest BCUT2D eigenvalue weighted by atomic mass is 35.5. The molecule has 56 valence electrons. The van der Waals surface area contributed by atoms with Gasteiger partial charge < -0.3 is 5.11 Å². The Morgan fingerprint density at radius 2 is 2.27 bits per heavy atom. The number of nitrogens with zero attached hydrogens (tertiary/aromatic N) is 3. The van der Waals surface area contributed by atoms with Crippen LogP contribution >= 0.6 is 11.6 Å². The molecule has 4 nitrogen and oxygen atoms in total. The second kappa shape index (κ2) is 3.14. The third-order valence-corrected chi connectivity index (χ3v) is 1.41. The third kappa shape index (κ3) is 1.77. The summed E-state index contributed by atoms with van der Waals surface area (Å²) in [5.74, 6) is -0.0865. The molecule has 0 unspecified atom stereocenters. The topological polar surface area (TPSA) is 69.0 Å². The van der Waals surface area contributed by atoms with E-state index in [4.69, 9.17) is 22.2 Å². The number of hydrogen-bond acceptors (Lipinski definition) is 2. The molecule has 0 aliphatic rings. The lowest BCUT2D eigenvalue weighted by molar-refractivity contribution is 0.476. The number of aromatic hydroxyl groups is 1. The van der Waals surface area contributed by atoms with Gasteiger partial charge in [-0.25, -0.2) is 0 Å². The zero-order valence-corrected chi connectivity index (χ0v) is 6.15. The summed E-state index contributed by atoms with van der Waals surface area (Å²) in [4.78, 5) is 2.55. The molecule has 1 aromatic rings. The van der Waals surface area contributed by atoms with Crippen LogP contribution < -0.4 is 0 Å². The molecule has 0 saturated carbocycles. The SMILES string of the molecule is [N-]=[N+]=Nc1ccc(Cl)c(O)c1. The Balaban J connectivity index is 3.14. The summed E-state index contributed by atoms with van der Waals surface area (Å²) < 4.78 is 0. The quantitative estimate of drug-likeness (QED) is 0.392. The number of hydrogen-bond donors (Lipinski definition) is 1. The zero-order valence-electron chi connectivity index (χ0n) is 5.40. The highest BCUT2D eigenvalue weighted by Crippen LogP contribution is 2.27. The van der Waals surface area contributed by atoms with Crippen LogP contribution in [0.2, 0.25) is 5.02 Å². The number of benzene rings is 1. The third-order valence-electron chi connectivity index (χ3n) is 1.09. The van der Waals surface area contributed by atoms with Gasteiger partial charge in [-0.2, -0.15) is 0 Å². The summed E-state index contributed by atoms with van der Waals surface area (Å²) in [5.41, 5.74) is 8.37. The van der Waals surface area contributed by atoms with Crippen LogP contribution in [0.15, 0.2) is 23.3 Å². The van der Waals surface area contributed by atoms with Gasteiger partial charge in [-0.3, -0.25) is 0 Å². The van der Waals surface area contributed by atoms with Gasteiger partial charge in [0.2, 0.25) is 0 Å². The molecule has 1 N–H and O–H groups in total. The average Bonchev–Trinajstić information content (AvgIpc) is 1.98. The summed E-state index contributed by atoms with van der Waals surface area (Å²) in [6.07, 6.45) is 0. The fourth-order valence-corrected chi connectivity index (χ4v) is 0.732. The lowest BCUT2D eigenvalue weighted by Gasteiger charge is -1.95. The molecular formula is C6H4ClN3O. The first kappa shape index (κ1) is 7.72. The highest BCUT2D eigenvalue weighted by molar-refractivity contribution is 6.32. The number of phenols is 1. The normalized spacial score (nSPS) is 8.82. The summed E-state index contributed by atoms with van der Waals surface area (Å²) in [5, 5.41) is 12.5. The molecule has 0 aliphatic carbocycles. The van der Waals surface area contributed by atoms with Crippen molar-refractivity contribution in [3.8, 4) is 5.75 Å². The largest absolute Gasteiger partial charge is 0.506 e. The minimum Gasteiger partial charge on any atom is -0.506 e. The van der Waals surface area contributed by atoms with Gasteiger partial charge in [-0.15, -0.1) is 0 Å². The predicted molar refractivity (Wildman–Crippen MR) is 41.9 cm³/mol. The Kier molecular flexibility index (Phi) is 2.21. The lowest BCUT2D eigenvalue weighted by Crippen LogP contribution is -1.66. The molecule has 0 fully saturated rings. The molecule has 0 amide bonds. The van der Waals surface area contributed by atoms with Crippen LogP contribution in [0.4, 0.5) is 5.69 Å². The first-order chi connectivity index (χ1) is 5.24. The molecule has 0 radical (unpaired) electrons. The smallest absolute Gasteiger partial charge is 0.134 e. The van der Waals surface area contributed by atoms with Crippen LogP contribution in [0, 0.1) is 0 Å². The molecule has 1 rings (SSSR count). The van der Waals surface area contributed by atoms with Crippen LogP contribution in [-0.4, -0.2) is 5.11 Å². The maximum Gasteiger partial charge on any atom is 0.134 e. The number of phenolic OH excluding ortho intramolecular Hbond substituents is 1. The van der Waals surface area contributed by atoms with E-state index in [1.54, 1.807) is 0 Å². The number of azide groups is 1. The minimum absolute atomic E-state index is 0.0865. The van der Waals surface area contributed by atoms with E-state index in [1.165, 1.54) is 18.2 Å². The summed E-state index contributed by atoms with van der Waals surface area (Å²) in [7, 11) is 0. The Hall–Kier alpha value is -1.38. The van der Waals surface area contributed by atoms with Gasteiger partial charge in [-0.1, -0.05) is 22.8 Å². The van der Waals surface area contributed by atoms with Gasteiger partial charge in [0.15, 0.2) is 0 Å². The van der Waals surface area contributed by atoms with E-state index in [2.05, 4.69) is 10.0 Å². The van der Waals surface area contributed by atoms with Crippen molar-refractivity contribution in [1.29, 1.82) is 0 Å². The summed E-state index contributed by atoms with van der Waals surface area (Å²) >= 11 is 5.50. The average molecular weight is 170 g/mol. The molecule has 11 heavy (non-hydrogen) atoms. The summed E-state index contributed by atoms with van der Waals surface area (Å²) in [6, 6.07) is 4.27. The Morgan fingerprint density at radius 1 is 1.55 bits per heavy atom. The van der Waals surface area contributed by atoms with Crippen LogP contribution in [0.1, 0.15) is 0 Å². The minimum atomic E-state index is -0.0865. The van der Waals surface area contributed by atoms with Crippen molar-refractivity contribution in [1.82, 2.24) is 0 Å². The standard InChI is InChI=1S/C6H4ClN3O/c7-5-2-1-4(9-10-8)3-6(5)11/h1-3,11H. The monoisotopic (exact) mass is 169 g/mol. The van der Waals surface area contributed by atoms with E-state index in [-0.39, 0.29) is 10.8 Å².